The van der Waals surface area contributed by atoms with Gasteiger partial charge in [-0.15, -0.1) is 0 Å². The van der Waals surface area contributed by atoms with E-state index < -0.39 is 0 Å². The summed E-state index contributed by atoms with van der Waals surface area (Å²) in [4.78, 5) is 12.2. The Labute approximate surface area is 156 Å². The molecule has 2 rings (SSSR count). The Morgan fingerprint density at radius 2 is 1.96 bits per heavy atom. The Morgan fingerprint density at radius 1 is 1.20 bits per heavy atom. The van der Waals surface area contributed by atoms with E-state index in [1.807, 2.05) is 25.1 Å². The quantitative estimate of drug-likeness (QED) is 0.695. The third kappa shape index (κ3) is 5.47. The van der Waals surface area contributed by atoms with Crippen LogP contribution >= 0.6 is 15.9 Å². The summed E-state index contributed by atoms with van der Waals surface area (Å²) in [6, 6.07) is 11.0. The molecule has 0 fully saturated rings. The number of halogens is 1. The van der Waals surface area contributed by atoms with E-state index in [1.54, 1.807) is 25.3 Å². The monoisotopic (exact) mass is 407 g/mol. The molecule has 0 radical (unpaired) electrons. The molecule has 0 saturated carbocycles. The first-order valence-electron chi connectivity index (χ1n) is 8.06. The maximum absolute atomic E-state index is 12.2. The van der Waals surface area contributed by atoms with Crippen molar-refractivity contribution in [3.05, 3.63) is 52.0 Å². The summed E-state index contributed by atoms with van der Waals surface area (Å²) in [6.07, 6.45) is 0.985. The molecule has 0 bridgehead atoms. The molecule has 0 aliphatic rings. The number of aliphatic hydroxyl groups is 1. The van der Waals surface area contributed by atoms with Gasteiger partial charge in [-0.25, -0.2) is 0 Å². The van der Waals surface area contributed by atoms with Crippen LogP contribution in [0.2, 0.25) is 0 Å². The summed E-state index contributed by atoms with van der Waals surface area (Å²) in [5.74, 6) is 1.31. The van der Waals surface area contributed by atoms with E-state index in [9.17, 15) is 9.90 Å². The molecule has 0 aromatic heterocycles. The fraction of sp³-hybridized carbons (Fsp3) is 0.316. The number of aliphatic hydroxyl groups excluding tert-OH is 1. The number of hydrogen-bond donors (Lipinski definition) is 2. The van der Waals surface area contributed by atoms with E-state index in [-0.39, 0.29) is 12.5 Å². The molecule has 0 unspecified atom stereocenters. The first kappa shape index (κ1) is 19.3. The second-order valence-electron chi connectivity index (χ2n) is 5.43. The summed E-state index contributed by atoms with van der Waals surface area (Å²) >= 11 is 3.44. The van der Waals surface area contributed by atoms with E-state index in [0.717, 1.165) is 15.8 Å². The van der Waals surface area contributed by atoms with Crippen LogP contribution < -0.4 is 14.8 Å². The third-order valence-electron chi connectivity index (χ3n) is 3.67. The van der Waals surface area contributed by atoms with Crippen molar-refractivity contribution < 1.29 is 19.4 Å². The van der Waals surface area contributed by atoms with Crippen LogP contribution in [0, 0.1) is 0 Å². The van der Waals surface area contributed by atoms with Gasteiger partial charge in [0.25, 0.3) is 0 Å². The molecule has 134 valence electrons. The number of anilines is 1. The highest BCUT2D eigenvalue weighted by Gasteiger charge is 2.08. The van der Waals surface area contributed by atoms with E-state index >= 15 is 0 Å². The standard InChI is InChI=1S/C19H22BrNO4/c1-3-25-17-8-6-15(11-14(17)12-22)21-19(23)9-5-13-4-7-18(24-2)16(20)10-13/h4,6-8,10-11,22H,3,5,9,12H2,1-2H3,(H,21,23). The van der Waals surface area contributed by atoms with Crippen LogP contribution in [0.5, 0.6) is 11.5 Å². The molecule has 5 nitrogen and oxygen atoms in total. The Balaban J connectivity index is 1.95. The van der Waals surface area contributed by atoms with E-state index in [4.69, 9.17) is 9.47 Å². The highest BCUT2D eigenvalue weighted by molar-refractivity contribution is 9.10. The number of ether oxygens (including phenoxy) is 2. The van der Waals surface area contributed by atoms with Crippen LogP contribution in [-0.2, 0) is 17.8 Å². The zero-order valence-corrected chi connectivity index (χ0v) is 15.9. The minimum atomic E-state index is -0.140. The molecule has 0 atom stereocenters. The molecule has 0 heterocycles. The number of carbonyl (C=O) groups is 1. The SMILES string of the molecule is CCOc1ccc(NC(=O)CCc2ccc(OC)c(Br)c2)cc1CO. The summed E-state index contributed by atoms with van der Waals surface area (Å²) in [6.45, 7) is 2.27. The number of rotatable bonds is 8. The Morgan fingerprint density at radius 3 is 2.60 bits per heavy atom. The average Bonchev–Trinajstić information content (AvgIpc) is 2.61. The lowest BCUT2D eigenvalue weighted by molar-refractivity contribution is -0.116. The van der Waals surface area contributed by atoms with Gasteiger partial charge in [-0.2, -0.15) is 0 Å². The minimum absolute atomic E-state index is 0.0833. The van der Waals surface area contributed by atoms with Crippen molar-refractivity contribution in [1.82, 2.24) is 0 Å². The zero-order chi connectivity index (χ0) is 18.2. The Bertz CT molecular complexity index is 733. The normalized spacial score (nSPS) is 10.4. The van der Waals surface area contributed by atoms with Crippen LogP contribution in [0.4, 0.5) is 5.69 Å². The second kappa shape index (κ2) is 9.44. The van der Waals surface area contributed by atoms with Crippen molar-refractivity contribution >= 4 is 27.5 Å². The van der Waals surface area contributed by atoms with E-state index in [2.05, 4.69) is 21.2 Å². The number of amides is 1. The highest BCUT2D eigenvalue weighted by Crippen LogP contribution is 2.26. The van der Waals surface area contributed by atoms with Gasteiger partial charge < -0.3 is 19.9 Å². The molecule has 0 aliphatic heterocycles. The van der Waals surface area contributed by atoms with Crippen molar-refractivity contribution in [3.63, 3.8) is 0 Å². The van der Waals surface area contributed by atoms with E-state index in [1.165, 1.54) is 0 Å². The van der Waals surface area contributed by atoms with Crippen LogP contribution in [0.3, 0.4) is 0 Å². The number of methoxy groups -OCH3 is 1. The van der Waals surface area contributed by atoms with Crippen molar-refractivity contribution in [2.24, 2.45) is 0 Å². The molecule has 1 amide bonds. The maximum atomic E-state index is 12.2. The number of carbonyl (C=O) groups excluding carboxylic acids is 1. The summed E-state index contributed by atoms with van der Waals surface area (Å²) in [5.41, 5.74) is 2.35. The van der Waals surface area contributed by atoms with Crippen LogP contribution in [0.15, 0.2) is 40.9 Å². The zero-order valence-electron chi connectivity index (χ0n) is 14.3. The van der Waals surface area contributed by atoms with E-state index in [0.29, 0.717) is 36.4 Å². The van der Waals surface area contributed by atoms with Gasteiger partial charge in [0.15, 0.2) is 0 Å². The van der Waals surface area contributed by atoms with Gasteiger partial charge in [0.1, 0.15) is 11.5 Å². The lowest BCUT2D eigenvalue weighted by atomic mass is 10.1. The summed E-state index contributed by atoms with van der Waals surface area (Å²) in [5, 5.41) is 12.3. The van der Waals surface area contributed by atoms with Crippen LogP contribution in [0.25, 0.3) is 0 Å². The van der Waals surface area contributed by atoms with Gasteiger partial charge >= 0.3 is 0 Å². The average molecular weight is 408 g/mol. The molecule has 25 heavy (non-hydrogen) atoms. The number of benzene rings is 2. The number of aryl methyl sites for hydroxylation is 1. The largest absolute Gasteiger partial charge is 0.496 e. The third-order valence-corrected chi connectivity index (χ3v) is 4.29. The Kier molecular flexibility index (Phi) is 7.28. The maximum Gasteiger partial charge on any atom is 0.224 e. The molecule has 0 saturated heterocycles. The molecular weight excluding hydrogens is 386 g/mol. The van der Waals surface area contributed by atoms with Gasteiger partial charge in [0, 0.05) is 17.7 Å². The summed E-state index contributed by atoms with van der Waals surface area (Å²) < 4.78 is 11.5. The molecule has 2 aromatic rings. The fourth-order valence-corrected chi connectivity index (χ4v) is 3.01. The molecule has 0 spiro atoms. The topological polar surface area (TPSA) is 67.8 Å². The Hall–Kier alpha value is -2.05. The fourth-order valence-electron chi connectivity index (χ4n) is 2.42. The lowest BCUT2D eigenvalue weighted by Crippen LogP contribution is -2.12. The summed E-state index contributed by atoms with van der Waals surface area (Å²) in [7, 11) is 1.62. The van der Waals surface area contributed by atoms with Crippen molar-refractivity contribution in [1.29, 1.82) is 0 Å². The predicted molar refractivity (Wildman–Crippen MR) is 101 cm³/mol. The van der Waals surface area contributed by atoms with Gasteiger partial charge in [-0.1, -0.05) is 6.07 Å². The molecule has 2 aromatic carbocycles. The molecular formula is C19H22BrNO4. The van der Waals surface area contributed by atoms with Gasteiger partial charge in [0.05, 0.1) is 24.8 Å². The van der Waals surface area contributed by atoms with Gasteiger partial charge in [-0.05, 0) is 65.2 Å². The molecule has 6 heteroatoms. The second-order valence-corrected chi connectivity index (χ2v) is 6.29. The number of hydrogen-bond acceptors (Lipinski definition) is 4. The first-order chi connectivity index (χ1) is 12.1. The predicted octanol–water partition coefficient (Wildman–Crippen LogP) is 3.92. The van der Waals surface area contributed by atoms with Crippen LogP contribution in [-0.4, -0.2) is 24.7 Å². The minimum Gasteiger partial charge on any atom is -0.496 e. The molecule has 0 aliphatic carbocycles. The highest BCUT2D eigenvalue weighted by atomic mass is 79.9. The van der Waals surface area contributed by atoms with Crippen LogP contribution in [0.1, 0.15) is 24.5 Å². The first-order valence-corrected chi connectivity index (χ1v) is 8.85. The van der Waals surface area contributed by atoms with Crippen molar-refractivity contribution in [3.8, 4) is 11.5 Å². The molecule has 2 N–H and O–H groups in total. The number of nitrogens with one attached hydrogen (secondary N) is 1. The van der Waals surface area contributed by atoms with Crippen molar-refractivity contribution in [2.45, 2.75) is 26.4 Å². The lowest BCUT2D eigenvalue weighted by Gasteiger charge is -2.11. The van der Waals surface area contributed by atoms with Crippen molar-refractivity contribution in [2.75, 3.05) is 19.0 Å². The smallest absolute Gasteiger partial charge is 0.224 e. The van der Waals surface area contributed by atoms with Gasteiger partial charge in [-0.3, -0.25) is 4.79 Å². The van der Waals surface area contributed by atoms with Gasteiger partial charge in [0.2, 0.25) is 5.91 Å².